The Labute approximate surface area is 140 Å². The molecule has 0 saturated carbocycles. The third kappa shape index (κ3) is 7.37. The number of nitro groups is 1. The number of nitro benzene ring substituents is 1. The number of amides is 1. The number of non-ortho nitro benzene ring substituents is 1. The molecule has 0 fully saturated rings. The van der Waals surface area contributed by atoms with Crippen LogP contribution in [0.3, 0.4) is 0 Å². The molecule has 0 aliphatic heterocycles. The molecule has 0 radical (unpaired) electrons. The molecule has 0 spiro atoms. The number of benzene rings is 1. The number of rotatable bonds is 8. The van der Waals surface area contributed by atoms with Gasteiger partial charge in [-0.05, 0) is 13.0 Å². The van der Waals surface area contributed by atoms with Crippen LogP contribution < -0.4 is 15.8 Å². The Morgan fingerprint density at radius 2 is 2.04 bits per heavy atom. The first-order valence-corrected chi connectivity index (χ1v) is 7.97. The molecule has 1 aromatic carbocycles. The first kappa shape index (κ1) is 21.2. The van der Waals surface area contributed by atoms with Crippen LogP contribution in [-0.4, -0.2) is 38.4 Å². The number of nitrogens with two attached hydrogens (primary N) is 1. The molecule has 11 heteroatoms. The summed E-state index contributed by atoms with van der Waals surface area (Å²) in [7, 11) is -3.87. The maximum atomic E-state index is 12.0. The molecule has 9 nitrogen and oxygen atoms in total. The molecule has 1 rings (SSSR count). The molecule has 0 aliphatic carbocycles. The Balaban J connectivity index is 0.00000484. The lowest BCUT2D eigenvalue weighted by Crippen LogP contribution is -2.36. The maximum absolute atomic E-state index is 12.0. The minimum absolute atomic E-state index is 0. The zero-order chi connectivity index (χ0) is 16.8. The summed E-state index contributed by atoms with van der Waals surface area (Å²) < 4.78 is 26.2. The van der Waals surface area contributed by atoms with Gasteiger partial charge in [0.05, 0.1) is 9.82 Å². The number of carbonyl (C=O) groups is 1. The molecule has 0 aromatic heterocycles. The van der Waals surface area contributed by atoms with Crippen LogP contribution in [0.2, 0.25) is 0 Å². The molecule has 23 heavy (non-hydrogen) atoms. The second-order valence-corrected chi connectivity index (χ2v) is 6.45. The van der Waals surface area contributed by atoms with Gasteiger partial charge in [-0.3, -0.25) is 14.9 Å². The molecule has 1 amide bonds. The Hall–Kier alpha value is -1.75. The number of nitrogens with one attached hydrogen (secondary N) is 2. The lowest BCUT2D eigenvalue weighted by Gasteiger charge is -2.09. The van der Waals surface area contributed by atoms with Gasteiger partial charge in [-0.1, -0.05) is 6.07 Å². The summed E-state index contributed by atoms with van der Waals surface area (Å²) in [5.41, 5.74) is 5.14. The predicted octanol–water partition coefficient (Wildman–Crippen LogP) is 0.148. The van der Waals surface area contributed by atoms with E-state index in [1.807, 2.05) is 0 Å². The van der Waals surface area contributed by atoms with Crippen molar-refractivity contribution in [2.24, 2.45) is 5.73 Å². The fourth-order valence-corrected chi connectivity index (χ4v) is 2.67. The second kappa shape index (κ2) is 9.40. The quantitative estimate of drug-likeness (QED) is 0.339. The van der Waals surface area contributed by atoms with Crippen molar-refractivity contribution in [1.29, 1.82) is 0 Å². The van der Waals surface area contributed by atoms with Crippen LogP contribution >= 0.6 is 12.4 Å². The van der Waals surface area contributed by atoms with E-state index in [4.69, 9.17) is 5.73 Å². The summed E-state index contributed by atoms with van der Waals surface area (Å²) in [6.07, 6.45) is 0.150. The number of carbonyl (C=O) groups excluding carboxylic acids is 1. The molecular weight excluding hydrogens is 348 g/mol. The lowest BCUT2D eigenvalue weighted by atomic mass is 10.2. The third-order valence-corrected chi connectivity index (χ3v) is 4.04. The summed E-state index contributed by atoms with van der Waals surface area (Å²) >= 11 is 0. The van der Waals surface area contributed by atoms with Gasteiger partial charge in [0.2, 0.25) is 15.9 Å². The van der Waals surface area contributed by atoms with Gasteiger partial charge < -0.3 is 11.1 Å². The summed E-state index contributed by atoms with van der Waals surface area (Å²) in [5.74, 6) is -0.274. The number of halogens is 1. The summed E-state index contributed by atoms with van der Waals surface area (Å²) in [5, 5.41) is 13.1. The molecular formula is C12H19ClN4O5S. The fraction of sp³-hybridized carbons (Fsp3) is 0.417. The first-order chi connectivity index (χ1) is 10.2. The van der Waals surface area contributed by atoms with Gasteiger partial charge >= 0.3 is 0 Å². The summed E-state index contributed by atoms with van der Waals surface area (Å²) in [6, 6.07) is 4.44. The number of hydrogen-bond acceptors (Lipinski definition) is 6. The molecule has 0 heterocycles. The van der Waals surface area contributed by atoms with E-state index in [0.29, 0.717) is 0 Å². The van der Waals surface area contributed by atoms with Crippen LogP contribution in [0.4, 0.5) is 5.69 Å². The van der Waals surface area contributed by atoms with Gasteiger partial charge in [-0.15, -0.1) is 12.4 Å². The molecule has 1 unspecified atom stereocenters. The molecule has 0 saturated heterocycles. The number of sulfonamides is 1. The second-order valence-electron chi connectivity index (χ2n) is 4.68. The molecule has 4 N–H and O–H groups in total. The highest BCUT2D eigenvalue weighted by molar-refractivity contribution is 7.89. The highest BCUT2D eigenvalue weighted by Gasteiger charge is 2.17. The average molecular weight is 367 g/mol. The van der Waals surface area contributed by atoms with Crippen LogP contribution in [-0.2, 0) is 14.8 Å². The number of nitrogens with zero attached hydrogens (tertiary/aromatic N) is 1. The summed E-state index contributed by atoms with van der Waals surface area (Å²) in [6.45, 7) is 1.75. The van der Waals surface area contributed by atoms with Crippen LogP contribution in [0.25, 0.3) is 0 Å². The van der Waals surface area contributed by atoms with E-state index in [1.54, 1.807) is 6.92 Å². The minimum atomic E-state index is -3.87. The van der Waals surface area contributed by atoms with Gasteiger partial charge in [-0.2, -0.15) is 0 Å². The summed E-state index contributed by atoms with van der Waals surface area (Å²) in [4.78, 5) is 21.1. The molecule has 1 atom stereocenters. The van der Waals surface area contributed by atoms with Crippen molar-refractivity contribution in [2.45, 2.75) is 24.3 Å². The molecule has 1 aromatic rings. The fourth-order valence-electron chi connectivity index (χ4n) is 1.60. The van der Waals surface area contributed by atoms with Crippen molar-refractivity contribution < 1.29 is 18.1 Å². The van der Waals surface area contributed by atoms with E-state index >= 15 is 0 Å². The number of hydrogen-bond donors (Lipinski definition) is 3. The van der Waals surface area contributed by atoms with Crippen LogP contribution in [0.15, 0.2) is 29.2 Å². The van der Waals surface area contributed by atoms with Crippen LogP contribution in [0.5, 0.6) is 0 Å². The molecule has 130 valence electrons. The Morgan fingerprint density at radius 1 is 1.39 bits per heavy atom. The Bertz CT molecular complexity index is 651. The van der Waals surface area contributed by atoms with E-state index in [2.05, 4.69) is 10.0 Å². The highest BCUT2D eigenvalue weighted by Crippen LogP contribution is 2.16. The van der Waals surface area contributed by atoms with Crippen molar-refractivity contribution in [3.05, 3.63) is 34.4 Å². The van der Waals surface area contributed by atoms with Crippen molar-refractivity contribution in [3.63, 3.8) is 0 Å². The Kier molecular flexibility index (Phi) is 8.69. The van der Waals surface area contributed by atoms with Crippen LogP contribution in [0.1, 0.15) is 13.3 Å². The normalized spacial score (nSPS) is 12.1. The van der Waals surface area contributed by atoms with Gasteiger partial charge in [0, 0.05) is 37.7 Å². The van der Waals surface area contributed by atoms with Gasteiger partial charge in [0.15, 0.2) is 0 Å². The minimum Gasteiger partial charge on any atom is -0.355 e. The van der Waals surface area contributed by atoms with E-state index in [9.17, 15) is 23.3 Å². The zero-order valence-electron chi connectivity index (χ0n) is 12.4. The molecule has 0 aliphatic rings. The SMILES string of the molecule is CC(N)CC(=O)NCCNS(=O)(=O)c1cccc([N+](=O)[O-])c1.Cl. The third-order valence-electron chi connectivity index (χ3n) is 2.59. The zero-order valence-corrected chi connectivity index (χ0v) is 14.0. The van der Waals surface area contributed by atoms with Crippen molar-refractivity contribution in [1.82, 2.24) is 10.0 Å². The molecule has 0 bridgehead atoms. The van der Waals surface area contributed by atoms with E-state index in [1.165, 1.54) is 18.2 Å². The topological polar surface area (TPSA) is 144 Å². The standard InChI is InChI=1S/C12H18N4O5S.ClH/c1-9(13)7-12(17)14-5-6-15-22(20,21)11-4-2-3-10(8-11)16(18)19;/h2-4,8-9,15H,5-7,13H2,1H3,(H,14,17);1H. The first-order valence-electron chi connectivity index (χ1n) is 6.49. The van der Waals surface area contributed by atoms with Gasteiger partial charge in [-0.25, -0.2) is 13.1 Å². The van der Waals surface area contributed by atoms with Crippen LogP contribution in [0, 0.1) is 10.1 Å². The van der Waals surface area contributed by atoms with Gasteiger partial charge in [0.25, 0.3) is 5.69 Å². The van der Waals surface area contributed by atoms with Crippen molar-refractivity contribution in [2.75, 3.05) is 13.1 Å². The monoisotopic (exact) mass is 366 g/mol. The lowest BCUT2D eigenvalue weighted by molar-refractivity contribution is -0.385. The van der Waals surface area contributed by atoms with E-state index in [-0.39, 0.29) is 54.4 Å². The van der Waals surface area contributed by atoms with Crippen molar-refractivity contribution >= 4 is 34.0 Å². The Morgan fingerprint density at radius 3 is 2.61 bits per heavy atom. The van der Waals surface area contributed by atoms with E-state index < -0.39 is 14.9 Å². The predicted molar refractivity (Wildman–Crippen MR) is 86.8 cm³/mol. The maximum Gasteiger partial charge on any atom is 0.270 e. The van der Waals surface area contributed by atoms with Crippen molar-refractivity contribution in [3.8, 4) is 0 Å². The highest BCUT2D eigenvalue weighted by atomic mass is 35.5. The van der Waals surface area contributed by atoms with E-state index in [0.717, 1.165) is 6.07 Å². The smallest absolute Gasteiger partial charge is 0.270 e. The van der Waals surface area contributed by atoms with Gasteiger partial charge in [0.1, 0.15) is 0 Å². The largest absolute Gasteiger partial charge is 0.355 e. The average Bonchev–Trinajstić information content (AvgIpc) is 2.43.